The molecule has 0 spiro atoms. The highest BCUT2D eigenvalue weighted by atomic mass is 35.5. The first kappa shape index (κ1) is 24.0. The van der Waals surface area contributed by atoms with Crippen molar-refractivity contribution in [3.63, 3.8) is 0 Å². The fourth-order valence-electron chi connectivity index (χ4n) is 2.84. The summed E-state index contributed by atoms with van der Waals surface area (Å²) in [6.07, 6.45) is -0.296. The van der Waals surface area contributed by atoms with E-state index in [-0.39, 0.29) is 33.2 Å². The van der Waals surface area contributed by atoms with E-state index in [0.717, 1.165) is 6.07 Å². The number of methoxy groups -OCH3 is 1. The van der Waals surface area contributed by atoms with Crippen molar-refractivity contribution in [3.05, 3.63) is 88.7 Å². The molecular weight excluding hydrogens is 473 g/mol. The summed E-state index contributed by atoms with van der Waals surface area (Å²) < 4.78 is 46.9. The molecule has 3 rings (SSSR count). The topological polar surface area (TPSA) is 114 Å². The van der Waals surface area contributed by atoms with Crippen LogP contribution in [0.25, 0.3) is 0 Å². The standard InChI is InChI=1S/C22H19ClFN3O5S/c1-32-19-9-5-4-8-18(19)27-33(30,31)20-12-15(10-11-16(20)23)22(29)26-25-21(28)13-14-6-2-3-7-17(14)24/h2-12,27H,13H2,1H3,(H,25,28)(H,26,29). The first-order valence-corrected chi connectivity index (χ1v) is 11.4. The van der Waals surface area contributed by atoms with E-state index in [0.29, 0.717) is 5.75 Å². The number of benzene rings is 3. The van der Waals surface area contributed by atoms with Crippen molar-refractivity contribution in [2.24, 2.45) is 0 Å². The first-order valence-electron chi connectivity index (χ1n) is 9.49. The Labute approximate surface area is 194 Å². The van der Waals surface area contributed by atoms with Crippen LogP contribution in [0.15, 0.2) is 71.6 Å². The molecule has 0 fully saturated rings. The molecule has 0 aliphatic rings. The average molecular weight is 492 g/mol. The van der Waals surface area contributed by atoms with E-state index in [1.54, 1.807) is 24.3 Å². The van der Waals surface area contributed by atoms with Crippen LogP contribution in [0.4, 0.5) is 10.1 Å². The number of hydrogen-bond acceptors (Lipinski definition) is 5. The highest BCUT2D eigenvalue weighted by Crippen LogP contribution is 2.29. The molecule has 3 N–H and O–H groups in total. The molecule has 0 aliphatic carbocycles. The second kappa shape index (κ2) is 10.3. The smallest absolute Gasteiger partial charge is 0.269 e. The van der Waals surface area contributed by atoms with Gasteiger partial charge in [0.15, 0.2) is 0 Å². The number of carbonyl (C=O) groups excluding carboxylic acids is 2. The zero-order valence-corrected chi connectivity index (χ0v) is 18.8. The van der Waals surface area contributed by atoms with Crippen LogP contribution in [0.5, 0.6) is 5.75 Å². The van der Waals surface area contributed by atoms with E-state index in [1.165, 1.54) is 43.5 Å². The molecule has 0 saturated heterocycles. The van der Waals surface area contributed by atoms with Crippen molar-refractivity contribution in [2.45, 2.75) is 11.3 Å². The van der Waals surface area contributed by atoms with Gasteiger partial charge in [0.25, 0.3) is 15.9 Å². The zero-order chi connectivity index (χ0) is 24.0. The third-order valence-corrected chi connectivity index (χ3v) is 6.31. The van der Waals surface area contributed by atoms with Crippen molar-refractivity contribution < 1.29 is 27.1 Å². The van der Waals surface area contributed by atoms with Crippen LogP contribution >= 0.6 is 11.6 Å². The number of hydrogen-bond donors (Lipinski definition) is 3. The quantitative estimate of drug-likeness (QED) is 0.439. The Morgan fingerprint density at radius 2 is 1.70 bits per heavy atom. The lowest BCUT2D eigenvalue weighted by Crippen LogP contribution is -2.42. The summed E-state index contributed by atoms with van der Waals surface area (Å²) in [7, 11) is -2.79. The molecule has 2 amide bonds. The molecule has 11 heteroatoms. The molecule has 3 aromatic carbocycles. The number of sulfonamides is 1. The molecule has 0 unspecified atom stereocenters. The van der Waals surface area contributed by atoms with Crippen LogP contribution in [0, 0.1) is 5.82 Å². The maximum atomic E-state index is 13.7. The highest BCUT2D eigenvalue weighted by Gasteiger charge is 2.22. The lowest BCUT2D eigenvalue weighted by molar-refractivity contribution is -0.121. The summed E-state index contributed by atoms with van der Waals surface area (Å²) in [6.45, 7) is 0. The predicted molar refractivity (Wildman–Crippen MR) is 121 cm³/mol. The largest absolute Gasteiger partial charge is 0.495 e. The minimum absolute atomic E-state index is 0.0778. The Morgan fingerprint density at radius 3 is 2.42 bits per heavy atom. The average Bonchev–Trinajstić information content (AvgIpc) is 2.79. The van der Waals surface area contributed by atoms with E-state index in [9.17, 15) is 22.4 Å². The number of anilines is 1. The van der Waals surface area contributed by atoms with Crippen LogP contribution < -0.4 is 20.3 Å². The third-order valence-electron chi connectivity index (χ3n) is 4.46. The van der Waals surface area contributed by atoms with Gasteiger partial charge in [0.1, 0.15) is 16.5 Å². The van der Waals surface area contributed by atoms with Crippen LogP contribution in [-0.2, 0) is 21.2 Å². The summed E-state index contributed by atoms with van der Waals surface area (Å²) in [5, 5.41) is -0.113. The maximum Gasteiger partial charge on any atom is 0.269 e. The monoisotopic (exact) mass is 491 g/mol. The molecule has 33 heavy (non-hydrogen) atoms. The minimum atomic E-state index is -4.18. The van der Waals surface area contributed by atoms with Crippen molar-refractivity contribution in [3.8, 4) is 5.75 Å². The predicted octanol–water partition coefficient (Wildman–Crippen LogP) is 3.29. The van der Waals surface area contributed by atoms with Crippen LogP contribution in [0.3, 0.4) is 0 Å². The second-order valence-corrected chi connectivity index (χ2v) is 8.78. The van der Waals surface area contributed by atoms with E-state index in [2.05, 4.69) is 15.6 Å². The van der Waals surface area contributed by atoms with Crippen LogP contribution in [0.1, 0.15) is 15.9 Å². The molecule has 172 valence electrons. The molecular formula is C22H19ClFN3O5S. The Morgan fingerprint density at radius 1 is 1.00 bits per heavy atom. The molecule has 3 aromatic rings. The number of hydrazine groups is 1. The number of rotatable bonds is 7. The number of ether oxygens (including phenoxy) is 1. The zero-order valence-electron chi connectivity index (χ0n) is 17.3. The van der Waals surface area contributed by atoms with Crippen LogP contribution in [0.2, 0.25) is 5.02 Å². The molecule has 0 aliphatic heterocycles. The molecule has 8 nitrogen and oxygen atoms in total. The second-order valence-electron chi connectivity index (χ2n) is 6.72. The molecule has 0 heterocycles. The van der Waals surface area contributed by atoms with E-state index < -0.39 is 27.7 Å². The number of halogens is 2. The Bertz CT molecular complexity index is 1300. The van der Waals surface area contributed by atoms with Gasteiger partial charge in [-0.25, -0.2) is 12.8 Å². The molecule has 0 saturated carbocycles. The number of para-hydroxylation sites is 2. The van der Waals surface area contributed by atoms with Gasteiger partial charge in [-0.15, -0.1) is 0 Å². The van der Waals surface area contributed by atoms with E-state index >= 15 is 0 Å². The fraction of sp³-hybridized carbons (Fsp3) is 0.0909. The van der Waals surface area contributed by atoms with Gasteiger partial charge in [-0.1, -0.05) is 41.9 Å². The maximum absolute atomic E-state index is 13.7. The molecule has 0 bridgehead atoms. The summed E-state index contributed by atoms with van der Waals surface area (Å²) in [5.41, 5.74) is 4.60. The fourth-order valence-corrected chi connectivity index (χ4v) is 4.43. The molecule has 0 radical (unpaired) electrons. The molecule has 0 atom stereocenters. The Kier molecular flexibility index (Phi) is 7.52. The number of carbonyl (C=O) groups is 2. The van der Waals surface area contributed by atoms with E-state index in [1.807, 2.05) is 0 Å². The van der Waals surface area contributed by atoms with Crippen molar-refractivity contribution in [1.82, 2.24) is 10.9 Å². The van der Waals surface area contributed by atoms with Gasteiger partial charge in [0, 0.05) is 5.56 Å². The summed E-state index contributed by atoms with van der Waals surface area (Å²) in [6, 6.07) is 15.7. The van der Waals surface area contributed by atoms with Crippen LogP contribution in [-0.4, -0.2) is 27.3 Å². The van der Waals surface area contributed by atoms with Gasteiger partial charge in [-0.2, -0.15) is 0 Å². The summed E-state index contributed by atoms with van der Waals surface area (Å²) in [5.74, 6) is -1.70. The number of nitrogens with one attached hydrogen (secondary N) is 3. The summed E-state index contributed by atoms with van der Waals surface area (Å²) >= 11 is 6.07. The summed E-state index contributed by atoms with van der Waals surface area (Å²) in [4.78, 5) is 24.1. The van der Waals surface area contributed by atoms with Gasteiger partial charge in [-0.3, -0.25) is 25.2 Å². The van der Waals surface area contributed by atoms with Gasteiger partial charge < -0.3 is 4.74 Å². The lowest BCUT2D eigenvalue weighted by atomic mass is 10.1. The Balaban J connectivity index is 1.73. The lowest BCUT2D eigenvalue weighted by Gasteiger charge is -2.13. The van der Waals surface area contributed by atoms with Crippen molar-refractivity contribution in [1.29, 1.82) is 0 Å². The normalized spacial score (nSPS) is 10.9. The third kappa shape index (κ3) is 5.99. The first-order chi connectivity index (χ1) is 15.7. The van der Waals surface area contributed by atoms with Crippen molar-refractivity contribution >= 4 is 39.1 Å². The van der Waals surface area contributed by atoms with E-state index in [4.69, 9.17) is 16.3 Å². The van der Waals surface area contributed by atoms with Gasteiger partial charge in [0.2, 0.25) is 5.91 Å². The van der Waals surface area contributed by atoms with Gasteiger partial charge in [-0.05, 0) is 42.0 Å². The van der Waals surface area contributed by atoms with Crippen molar-refractivity contribution in [2.75, 3.05) is 11.8 Å². The Hall–Kier alpha value is -3.63. The van der Waals surface area contributed by atoms with Gasteiger partial charge in [0.05, 0.1) is 24.2 Å². The number of amides is 2. The highest BCUT2D eigenvalue weighted by molar-refractivity contribution is 7.92. The minimum Gasteiger partial charge on any atom is -0.495 e. The van der Waals surface area contributed by atoms with Gasteiger partial charge >= 0.3 is 0 Å². The molecule has 0 aromatic heterocycles. The SMILES string of the molecule is COc1ccccc1NS(=O)(=O)c1cc(C(=O)NNC(=O)Cc2ccccc2F)ccc1Cl.